The highest BCUT2D eigenvalue weighted by atomic mass is 16.5. The Morgan fingerprint density at radius 2 is 1.82 bits per heavy atom. The summed E-state index contributed by atoms with van der Waals surface area (Å²) in [4.78, 5) is 0. The fraction of sp³-hybridized carbons (Fsp3) is 0.320. The Balaban J connectivity index is 1.51. The molecule has 3 nitrogen and oxygen atoms in total. The Labute approximate surface area is 168 Å². The van der Waals surface area contributed by atoms with Gasteiger partial charge in [0, 0.05) is 17.7 Å². The lowest BCUT2D eigenvalue weighted by Gasteiger charge is -2.13. The summed E-state index contributed by atoms with van der Waals surface area (Å²) in [6.45, 7) is 6.35. The lowest BCUT2D eigenvalue weighted by Crippen LogP contribution is -2.13. The Morgan fingerprint density at radius 3 is 2.61 bits per heavy atom. The number of furan rings is 1. The van der Waals surface area contributed by atoms with E-state index >= 15 is 0 Å². The number of benzene rings is 2. The van der Waals surface area contributed by atoms with Crippen molar-refractivity contribution in [2.24, 2.45) is 0 Å². The van der Waals surface area contributed by atoms with Crippen molar-refractivity contribution in [3.63, 3.8) is 0 Å². The minimum atomic E-state index is 0.735. The van der Waals surface area contributed by atoms with E-state index < -0.39 is 0 Å². The molecule has 28 heavy (non-hydrogen) atoms. The summed E-state index contributed by atoms with van der Waals surface area (Å²) in [6.07, 6.45) is 8.92. The monoisotopic (exact) mass is 376 g/mol. The molecule has 1 aromatic heterocycles. The SMILES string of the molecule is [CH2]CCNCc1ccc(OCCCCCc2ccccc2)c(-c2ccoc2)c1. The maximum absolute atomic E-state index is 6.12. The van der Waals surface area contributed by atoms with E-state index in [4.69, 9.17) is 9.15 Å². The first-order valence-corrected chi connectivity index (χ1v) is 10.2. The lowest BCUT2D eigenvalue weighted by molar-refractivity contribution is 0.306. The molecule has 0 aliphatic carbocycles. The summed E-state index contributed by atoms with van der Waals surface area (Å²) < 4.78 is 11.4. The van der Waals surface area contributed by atoms with Gasteiger partial charge in [-0.1, -0.05) is 43.3 Å². The van der Waals surface area contributed by atoms with Crippen LogP contribution in [0.15, 0.2) is 71.5 Å². The zero-order chi connectivity index (χ0) is 19.4. The summed E-state index contributed by atoms with van der Waals surface area (Å²) in [5, 5.41) is 3.40. The van der Waals surface area contributed by atoms with Crippen LogP contribution in [0.1, 0.15) is 36.8 Å². The van der Waals surface area contributed by atoms with Gasteiger partial charge >= 0.3 is 0 Å². The van der Waals surface area contributed by atoms with Gasteiger partial charge in [0.25, 0.3) is 0 Å². The summed E-state index contributed by atoms with van der Waals surface area (Å²) >= 11 is 0. The molecule has 1 radical (unpaired) electrons. The predicted molar refractivity (Wildman–Crippen MR) is 115 cm³/mol. The summed E-state index contributed by atoms with van der Waals surface area (Å²) in [5.41, 5.74) is 4.79. The van der Waals surface area contributed by atoms with Gasteiger partial charge in [0.1, 0.15) is 5.75 Å². The van der Waals surface area contributed by atoms with Crippen molar-refractivity contribution in [3.8, 4) is 16.9 Å². The van der Waals surface area contributed by atoms with E-state index in [2.05, 4.69) is 60.8 Å². The standard InChI is InChI=1S/C25H30NO2/c1-2-15-26-19-22-12-13-25(24(18-22)23-14-17-27-20-23)28-16-8-4-7-11-21-9-5-3-6-10-21/h3,5-6,9-10,12-14,17-18,20,26H,1-2,4,7-8,11,15-16,19H2. The largest absolute Gasteiger partial charge is 0.493 e. The van der Waals surface area contributed by atoms with Crippen LogP contribution in [0, 0.1) is 6.92 Å². The molecule has 2 aromatic carbocycles. The van der Waals surface area contributed by atoms with Gasteiger partial charge in [0.15, 0.2) is 0 Å². The fourth-order valence-electron chi connectivity index (χ4n) is 3.25. The average Bonchev–Trinajstić information content (AvgIpc) is 3.27. The normalized spacial score (nSPS) is 10.9. The molecule has 0 spiro atoms. The minimum absolute atomic E-state index is 0.735. The van der Waals surface area contributed by atoms with Gasteiger partial charge in [-0.2, -0.15) is 0 Å². The molecular formula is C25H30NO2. The smallest absolute Gasteiger partial charge is 0.127 e. The van der Waals surface area contributed by atoms with Crippen LogP contribution in [0.2, 0.25) is 0 Å². The van der Waals surface area contributed by atoms with Gasteiger partial charge in [-0.15, -0.1) is 0 Å². The zero-order valence-corrected chi connectivity index (χ0v) is 16.5. The van der Waals surface area contributed by atoms with Crippen molar-refractivity contribution >= 4 is 0 Å². The van der Waals surface area contributed by atoms with Crippen LogP contribution in [-0.2, 0) is 13.0 Å². The summed E-state index contributed by atoms with van der Waals surface area (Å²) in [5.74, 6) is 0.922. The first-order valence-electron chi connectivity index (χ1n) is 10.2. The molecule has 0 bridgehead atoms. The van der Waals surface area contributed by atoms with E-state index in [0.717, 1.165) is 55.8 Å². The number of nitrogens with one attached hydrogen (secondary N) is 1. The third kappa shape index (κ3) is 6.28. The van der Waals surface area contributed by atoms with Crippen molar-refractivity contribution in [2.45, 2.75) is 38.6 Å². The molecule has 0 atom stereocenters. The van der Waals surface area contributed by atoms with Gasteiger partial charge in [0.2, 0.25) is 0 Å². The third-order valence-corrected chi connectivity index (χ3v) is 4.77. The predicted octanol–water partition coefficient (Wildman–Crippen LogP) is 6.05. The maximum atomic E-state index is 6.12. The quantitative estimate of drug-likeness (QED) is 0.391. The van der Waals surface area contributed by atoms with Crippen LogP contribution in [0.4, 0.5) is 0 Å². The summed E-state index contributed by atoms with van der Waals surface area (Å²) in [7, 11) is 0. The van der Waals surface area contributed by atoms with E-state index in [0.29, 0.717) is 0 Å². The van der Waals surface area contributed by atoms with Gasteiger partial charge in [-0.25, -0.2) is 0 Å². The van der Waals surface area contributed by atoms with Crippen molar-refractivity contribution in [1.29, 1.82) is 0 Å². The highest BCUT2D eigenvalue weighted by Crippen LogP contribution is 2.31. The minimum Gasteiger partial charge on any atom is -0.493 e. The maximum Gasteiger partial charge on any atom is 0.127 e. The Bertz CT molecular complexity index is 797. The number of hydrogen-bond acceptors (Lipinski definition) is 3. The van der Waals surface area contributed by atoms with E-state index in [9.17, 15) is 0 Å². The highest BCUT2D eigenvalue weighted by molar-refractivity contribution is 5.70. The van der Waals surface area contributed by atoms with Crippen molar-refractivity contribution in [1.82, 2.24) is 5.32 Å². The van der Waals surface area contributed by atoms with Crippen LogP contribution < -0.4 is 10.1 Å². The molecule has 1 N–H and O–H groups in total. The topological polar surface area (TPSA) is 34.4 Å². The Morgan fingerprint density at radius 1 is 0.929 bits per heavy atom. The molecule has 1 heterocycles. The molecule has 0 saturated heterocycles. The van der Waals surface area contributed by atoms with Gasteiger partial charge in [-0.05, 0) is 68.0 Å². The molecule has 147 valence electrons. The average molecular weight is 377 g/mol. The van der Waals surface area contributed by atoms with Crippen LogP contribution in [0.5, 0.6) is 5.75 Å². The number of hydrogen-bond donors (Lipinski definition) is 1. The summed E-state index contributed by atoms with van der Waals surface area (Å²) in [6, 6.07) is 19.0. The molecule has 0 unspecified atom stereocenters. The Hall–Kier alpha value is -2.52. The van der Waals surface area contributed by atoms with Crippen LogP contribution in [-0.4, -0.2) is 13.2 Å². The number of rotatable bonds is 12. The van der Waals surface area contributed by atoms with Crippen LogP contribution >= 0.6 is 0 Å². The fourth-order valence-corrected chi connectivity index (χ4v) is 3.25. The third-order valence-electron chi connectivity index (χ3n) is 4.77. The second-order valence-electron chi connectivity index (χ2n) is 7.02. The lowest BCUT2D eigenvalue weighted by atomic mass is 10.0. The molecule has 0 saturated carbocycles. The number of ether oxygens (including phenoxy) is 1. The van der Waals surface area contributed by atoms with Crippen molar-refractivity contribution in [3.05, 3.63) is 85.2 Å². The molecular weight excluding hydrogens is 346 g/mol. The van der Waals surface area contributed by atoms with Crippen molar-refractivity contribution < 1.29 is 9.15 Å². The molecule has 3 rings (SSSR count). The van der Waals surface area contributed by atoms with Crippen molar-refractivity contribution in [2.75, 3.05) is 13.2 Å². The molecule has 0 fully saturated rings. The zero-order valence-electron chi connectivity index (χ0n) is 16.5. The van der Waals surface area contributed by atoms with Crippen LogP contribution in [0.25, 0.3) is 11.1 Å². The molecule has 0 aliphatic rings. The molecule has 3 aromatic rings. The van der Waals surface area contributed by atoms with E-state index in [1.54, 1.807) is 12.5 Å². The first kappa shape index (κ1) is 20.2. The van der Waals surface area contributed by atoms with Gasteiger partial charge in [0.05, 0.1) is 19.1 Å². The second kappa shape index (κ2) is 11.4. The van der Waals surface area contributed by atoms with Gasteiger partial charge < -0.3 is 14.5 Å². The molecule has 3 heteroatoms. The Kier molecular flexibility index (Phi) is 8.20. The van der Waals surface area contributed by atoms with E-state index in [-0.39, 0.29) is 0 Å². The van der Waals surface area contributed by atoms with Crippen LogP contribution in [0.3, 0.4) is 0 Å². The molecule has 0 amide bonds. The highest BCUT2D eigenvalue weighted by Gasteiger charge is 2.09. The number of aryl methyl sites for hydroxylation is 1. The van der Waals surface area contributed by atoms with E-state index in [1.165, 1.54) is 24.0 Å². The number of unbranched alkanes of at least 4 members (excludes halogenated alkanes) is 2. The van der Waals surface area contributed by atoms with Gasteiger partial charge in [-0.3, -0.25) is 0 Å². The first-order chi connectivity index (χ1) is 13.9. The second-order valence-corrected chi connectivity index (χ2v) is 7.02. The van der Waals surface area contributed by atoms with E-state index in [1.807, 2.05) is 6.07 Å². The molecule has 0 aliphatic heterocycles.